The van der Waals surface area contributed by atoms with Crippen molar-refractivity contribution in [2.24, 2.45) is 0 Å². The van der Waals surface area contributed by atoms with E-state index in [1.54, 1.807) is 0 Å². The standard InChI is InChI=1S/C3H6O.3C2H4O2.Cr/c1-3(2)4;3*1-2(3)4;/h1-2H3;3*1H3,(H,3,4);. The van der Waals surface area contributed by atoms with Gasteiger partial charge in [0.25, 0.3) is 17.9 Å². The maximum absolute atomic E-state index is 9.44. The molecule has 0 atom stereocenters. The topological polar surface area (TPSA) is 129 Å². The number of Topliss-reactive ketones (excluding diaryl/α,β-unsaturated/α-hetero) is 1. The molecule has 0 aliphatic carbocycles. The first-order chi connectivity index (χ1) is 6.93. The van der Waals surface area contributed by atoms with E-state index in [9.17, 15) is 4.79 Å². The number of rotatable bonds is 0. The van der Waals surface area contributed by atoms with E-state index in [0.717, 1.165) is 20.8 Å². The molecule has 0 saturated carbocycles. The fourth-order valence-corrected chi connectivity index (χ4v) is 0. The molecule has 0 spiro atoms. The van der Waals surface area contributed by atoms with Crippen molar-refractivity contribution >= 4 is 23.7 Å². The fourth-order valence-electron chi connectivity index (χ4n) is 0. The second-order valence-electron chi connectivity index (χ2n) is 2.47. The molecule has 0 aromatic rings. The van der Waals surface area contributed by atoms with Crippen molar-refractivity contribution in [3.8, 4) is 0 Å². The second-order valence-corrected chi connectivity index (χ2v) is 2.47. The number of hydrogen-bond donors (Lipinski definition) is 3. The molecule has 0 saturated heterocycles. The van der Waals surface area contributed by atoms with Crippen molar-refractivity contribution < 1.29 is 51.9 Å². The van der Waals surface area contributed by atoms with Gasteiger partial charge in [-0.3, -0.25) is 14.4 Å². The summed E-state index contributed by atoms with van der Waals surface area (Å²) in [4.78, 5) is 36.4. The maximum Gasteiger partial charge on any atom is 0.300 e. The van der Waals surface area contributed by atoms with Gasteiger partial charge < -0.3 is 20.1 Å². The van der Waals surface area contributed by atoms with Crippen LogP contribution in [0.2, 0.25) is 0 Å². The number of carbonyl (C=O) groups is 4. The van der Waals surface area contributed by atoms with Gasteiger partial charge in [-0.2, -0.15) is 0 Å². The molecule has 0 aliphatic rings. The Morgan fingerprint density at radius 1 is 0.588 bits per heavy atom. The van der Waals surface area contributed by atoms with Crippen LogP contribution in [-0.4, -0.2) is 39.0 Å². The van der Waals surface area contributed by atoms with Crippen molar-refractivity contribution in [2.75, 3.05) is 0 Å². The third kappa shape index (κ3) is 1210. The molecule has 8 heteroatoms. The first kappa shape index (κ1) is 29.6. The molecule has 0 bridgehead atoms. The molecule has 0 heterocycles. The van der Waals surface area contributed by atoms with Gasteiger partial charge in [0.15, 0.2) is 0 Å². The van der Waals surface area contributed by atoms with Crippen LogP contribution < -0.4 is 0 Å². The van der Waals surface area contributed by atoms with Crippen LogP contribution in [0.25, 0.3) is 0 Å². The zero-order valence-electron chi connectivity index (χ0n) is 10.4. The first-order valence-corrected chi connectivity index (χ1v) is 3.99. The van der Waals surface area contributed by atoms with Crippen molar-refractivity contribution in [3.05, 3.63) is 0 Å². The molecule has 0 rings (SSSR count). The first-order valence-electron chi connectivity index (χ1n) is 3.99. The van der Waals surface area contributed by atoms with E-state index < -0.39 is 17.9 Å². The van der Waals surface area contributed by atoms with Gasteiger partial charge in [0.1, 0.15) is 5.78 Å². The Hall–Kier alpha value is -1.39. The van der Waals surface area contributed by atoms with E-state index in [2.05, 4.69) is 0 Å². The Morgan fingerprint density at radius 3 is 0.588 bits per heavy atom. The van der Waals surface area contributed by atoms with Crippen LogP contribution in [0.4, 0.5) is 0 Å². The number of ketones is 1. The molecule has 17 heavy (non-hydrogen) atoms. The Bertz CT molecular complexity index is 161. The van der Waals surface area contributed by atoms with E-state index in [1.807, 2.05) is 0 Å². The Labute approximate surface area is 111 Å². The monoisotopic (exact) mass is 290 g/mol. The van der Waals surface area contributed by atoms with Crippen LogP contribution in [0.5, 0.6) is 0 Å². The summed E-state index contributed by atoms with van der Waals surface area (Å²) < 4.78 is 0. The van der Waals surface area contributed by atoms with Gasteiger partial charge in [0.05, 0.1) is 0 Å². The average Bonchev–Trinajstić information content (AvgIpc) is 1.76. The molecule has 0 aromatic heterocycles. The number of carboxylic acids is 3. The van der Waals surface area contributed by atoms with Gasteiger partial charge in [0.2, 0.25) is 0 Å². The number of hydrogen-bond acceptors (Lipinski definition) is 4. The third-order valence-corrected chi connectivity index (χ3v) is 0. The summed E-state index contributed by atoms with van der Waals surface area (Å²) in [5.41, 5.74) is 0. The summed E-state index contributed by atoms with van der Waals surface area (Å²) in [7, 11) is 0. The van der Waals surface area contributed by atoms with E-state index in [0.29, 0.717) is 0 Å². The largest absolute Gasteiger partial charge is 0.481 e. The SMILES string of the molecule is CC(=O)O.CC(=O)O.CC(=O)O.CC(C)=O.[Cr]. The quantitative estimate of drug-likeness (QED) is 0.603. The minimum Gasteiger partial charge on any atom is -0.481 e. The summed E-state index contributed by atoms with van der Waals surface area (Å²) in [6.45, 7) is 6.31. The van der Waals surface area contributed by atoms with Crippen molar-refractivity contribution in [1.82, 2.24) is 0 Å². The summed E-state index contributed by atoms with van der Waals surface area (Å²) in [5, 5.41) is 22.2. The van der Waals surface area contributed by atoms with Gasteiger partial charge >= 0.3 is 0 Å². The van der Waals surface area contributed by atoms with Gasteiger partial charge in [-0.05, 0) is 13.8 Å². The van der Waals surface area contributed by atoms with Crippen molar-refractivity contribution in [1.29, 1.82) is 0 Å². The summed E-state index contributed by atoms with van der Waals surface area (Å²) in [6.07, 6.45) is 0. The van der Waals surface area contributed by atoms with Crippen LogP contribution in [-0.2, 0) is 36.5 Å². The predicted octanol–water partition coefficient (Wildman–Crippen LogP) is 0.865. The normalized spacial score (nSPS) is 5.94. The Balaban J connectivity index is -0.0000000369. The molecule has 7 nitrogen and oxygen atoms in total. The number of aliphatic carboxylic acids is 3. The Kier molecular flexibility index (Phi) is 41.9. The molecule has 0 aliphatic heterocycles. The van der Waals surface area contributed by atoms with Crippen LogP contribution in [0.3, 0.4) is 0 Å². The maximum atomic E-state index is 9.44. The van der Waals surface area contributed by atoms with E-state index >= 15 is 0 Å². The van der Waals surface area contributed by atoms with Crippen LogP contribution in [0, 0.1) is 0 Å². The van der Waals surface area contributed by atoms with Crippen LogP contribution in [0.1, 0.15) is 34.6 Å². The fraction of sp³-hybridized carbons (Fsp3) is 0.556. The van der Waals surface area contributed by atoms with Gasteiger partial charge in [-0.15, -0.1) is 0 Å². The molecular formula is C9H18CrO7. The zero-order chi connectivity index (χ0) is 14.3. The third-order valence-electron chi connectivity index (χ3n) is 0. The molecule has 0 aromatic carbocycles. The average molecular weight is 290 g/mol. The zero-order valence-corrected chi connectivity index (χ0v) is 11.7. The minimum absolute atomic E-state index is 0. The summed E-state index contributed by atoms with van der Waals surface area (Å²) >= 11 is 0. The molecule has 0 fully saturated rings. The molecule has 0 unspecified atom stereocenters. The van der Waals surface area contributed by atoms with Gasteiger partial charge in [0, 0.05) is 38.1 Å². The van der Waals surface area contributed by atoms with Crippen LogP contribution >= 0.6 is 0 Å². The number of carboxylic acid groups (broad SMARTS) is 3. The molecular weight excluding hydrogens is 272 g/mol. The van der Waals surface area contributed by atoms with E-state index in [-0.39, 0.29) is 23.1 Å². The second kappa shape index (κ2) is 24.0. The van der Waals surface area contributed by atoms with Gasteiger partial charge in [-0.25, -0.2) is 0 Å². The van der Waals surface area contributed by atoms with Crippen LogP contribution in [0.15, 0.2) is 0 Å². The summed E-state index contributed by atoms with van der Waals surface area (Å²) in [5.74, 6) is -2.33. The molecule has 0 amide bonds. The number of carbonyl (C=O) groups excluding carboxylic acids is 1. The molecule has 0 radical (unpaired) electrons. The predicted molar refractivity (Wildman–Crippen MR) is 56.3 cm³/mol. The molecule has 3 N–H and O–H groups in total. The van der Waals surface area contributed by atoms with Gasteiger partial charge in [-0.1, -0.05) is 0 Å². The molecule has 102 valence electrons. The summed E-state index contributed by atoms with van der Waals surface area (Å²) in [6, 6.07) is 0. The minimum atomic E-state index is -0.833. The Morgan fingerprint density at radius 2 is 0.588 bits per heavy atom. The smallest absolute Gasteiger partial charge is 0.300 e. The van der Waals surface area contributed by atoms with Crippen molar-refractivity contribution in [2.45, 2.75) is 34.6 Å². The van der Waals surface area contributed by atoms with E-state index in [1.165, 1.54) is 13.8 Å². The van der Waals surface area contributed by atoms with Crippen molar-refractivity contribution in [3.63, 3.8) is 0 Å². The van der Waals surface area contributed by atoms with E-state index in [4.69, 9.17) is 29.7 Å².